The molecule has 1 aromatic carbocycles. The Kier molecular flexibility index (Phi) is 4.68. The van der Waals surface area contributed by atoms with Gasteiger partial charge in [-0.2, -0.15) is 0 Å². The van der Waals surface area contributed by atoms with Crippen LogP contribution in [0, 0.1) is 0 Å². The van der Waals surface area contributed by atoms with Crippen molar-refractivity contribution in [3.05, 3.63) is 58.8 Å². The molecule has 0 aliphatic carbocycles. The van der Waals surface area contributed by atoms with Crippen LogP contribution in [0.3, 0.4) is 0 Å². The molecule has 0 aliphatic rings. The highest BCUT2D eigenvalue weighted by Crippen LogP contribution is 2.20. The smallest absolute Gasteiger partial charge is 0.241 e. The Morgan fingerprint density at radius 3 is 2.47 bits per heavy atom. The highest BCUT2D eigenvalue weighted by atomic mass is 79.9. The maximum atomic E-state index is 12.1. The Morgan fingerprint density at radius 1 is 1.11 bits per heavy atom. The van der Waals surface area contributed by atoms with E-state index in [2.05, 4.69) is 25.6 Å². The third-order valence-electron chi connectivity index (χ3n) is 2.58. The molecule has 0 aliphatic heterocycles. The summed E-state index contributed by atoms with van der Waals surface area (Å²) in [6.45, 7) is 0.355. The molecule has 0 atom stereocenters. The van der Waals surface area contributed by atoms with E-state index in [-0.39, 0.29) is 4.90 Å². The fourth-order valence-electron chi connectivity index (χ4n) is 1.62. The molecule has 6 heteroatoms. The van der Waals surface area contributed by atoms with Gasteiger partial charge in [0.05, 0.1) is 4.90 Å². The molecular formula is C13H13BrN2O2S. The SMILES string of the molecule is O=S(=O)(NCCc1ccncc1)c1ccccc1Br. The van der Waals surface area contributed by atoms with Crippen molar-refractivity contribution in [3.8, 4) is 0 Å². The summed E-state index contributed by atoms with van der Waals surface area (Å²) < 4.78 is 27.3. The molecule has 2 rings (SSSR count). The van der Waals surface area contributed by atoms with Crippen LogP contribution in [0.15, 0.2) is 58.2 Å². The number of hydrogen-bond donors (Lipinski definition) is 1. The van der Waals surface area contributed by atoms with E-state index in [1.54, 1.807) is 36.7 Å². The Bertz CT molecular complexity index is 645. The number of halogens is 1. The monoisotopic (exact) mass is 340 g/mol. The number of sulfonamides is 1. The van der Waals surface area contributed by atoms with Crippen LogP contribution in [-0.4, -0.2) is 19.9 Å². The molecule has 0 spiro atoms. The molecule has 2 aromatic rings. The molecule has 0 saturated carbocycles. The Balaban J connectivity index is 2.01. The van der Waals surface area contributed by atoms with Crippen molar-refractivity contribution in [3.63, 3.8) is 0 Å². The zero-order chi connectivity index (χ0) is 13.7. The fourth-order valence-corrected chi connectivity index (χ4v) is 3.65. The Hall–Kier alpha value is -1.24. The molecule has 1 N–H and O–H groups in total. The van der Waals surface area contributed by atoms with Gasteiger partial charge in [0.2, 0.25) is 10.0 Å². The van der Waals surface area contributed by atoms with Crippen LogP contribution in [-0.2, 0) is 16.4 Å². The largest absolute Gasteiger partial charge is 0.265 e. The summed E-state index contributed by atoms with van der Waals surface area (Å²) >= 11 is 3.24. The van der Waals surface area contributed by atoms with Gasteiger partial charge in [-0.25, -0.2) is 13.1 Å². The molecule has 0 amide bonds. The summed E-state index contributed by atoms with van der Waals surface area (Å²) in [7, 11) is -3.47. The van der Waals surface area contributed by atoms with Gasteiger partial charge in [0.1, 0.15) is 0 Å². The summed E-state index contributed by atoms with van der Waals surface area (Å²) in [5, 5.41) is 0. The number of nitrogens with one attached hydrogen (secondary N) is 1. The lowest BCUT2D eigenvalue weighted by molar-refractivity contribution is 0.581. The highest BCUT2D eigenvalue weighted by Gasteiger charge is 2.15. The van der Waals surface area contributed by atoms with Crippen molar-refractivity contribution < 1.29 is 8.42 Å². The third kappa shape index (κ3) is 3.86. The normalized spacial score (nSPS) is 11.4. The second-order valence-corrected chi connectivity index (χ2v) is 6.52. The van der Waals surface area contributed by atoms with Crippen molar-refractivity contribution in [2.24, 2.45) is 0 Å². The van der Waals surface area contributed by atoms with Gasteiger partial charge in [0.25, 0.3) is 0 Å². The van der Waals surface area contributed by atoms with E-state index in [0.29, 0.717) is 17.4 Å². The third-order valence-corrected chi connectivity index (χ3v) is 5.05. The van der Waals surface area contributed by atoms with E-state index in [4.69, 9.17) is 0 Å². The second kappa shape index (κ2) is 6.27. The average molecular weight is 341 g/mol. The first-order chi connectivity index (χ1) is 9.09. The molecule has 0 bridgehead atoms. The zero-order valence-electron chi connectivity index (χ0n) is 10.1. The number of rotatable bonds is 5. The molecule has 1 heterocycles. The number of aromatic nitrogens is 1. The molecule has 0 saturated heterocycles. The van der Waals surface area contributed by atoms with Crippen LogP contribution in [0.2, 0.25) is 0 Å². The van der Waals surface area contributed by atoms with Crippen LogP contribution in [0.4, 0.5) is 0 Å². The lowest BCUT2D eigenvalue weighted by Gasteiger charge is -2.08. The summed E-state index contributed by atoms with van der Waals surface area (Å²) in [4.78, 5) is 4.17. The summed E-state index contributed by atoms with van der Waals surface area (Å²) in [6, 6.07) is 10.5. The van der Waals surface area contributed by atoms with Gasteiger partial charge in [-0.05, 0) is 52.2 Å². The molecule has 1 aromatic heterocycles. The van der Waals surface area contributed by atoms with Gasteiger partial charge in [-0.3, -0.25) is 4.98 Å². The Labute approximate surface area is 121 Å². The van der Waals surface area contributed by atoms with E-state index in [1.165, 1.54) is 0 Å². The minimum atomic E-state index is -3.47. The van der Waals surface area contributed by atoms with Gasteiger partial charge < -0.3 is 0 Å². The van der Waals surface area contributed by atoms with E-state index < -0.39 is 10.0 Å². The van der Waals surface area contributed by atoms with Crippen LogP contribution < -0.4 is 4.72 Å². The molecule has 4 nitrogen and oxygen atoms in total. The fraction of sp³-hybridized carbons (Fsp3) is 0.154. The van der Waals surface area contributed by atoms with Gasteiger partial charge in [0.15, 0.2) is 0 Å². The van der Waals surface area contributed by atoms with Gasteiger partial charge in [-0.1, -0.05) is 12.1 Å². The van der Waals surface area contributed by atoms with Crippen LogP contribution in [0.25, 0.3) is 0 Å². The minimum absolute atomic E-state index is 0.254. The standard InChI is InChI=1S/C13H13BrN2O2S/c14-12-3-1-2-4-13(12)19(17,18)16-10-7-11-5-8-15-9-6-11/h1-6,8-9,16H,7,10H2. The number of nitrogens with zero attached hydrogens (tertiary/aromatic N) is 1. The van der Waals surface area contributed by atoms with Gasteiger partial charge >= 0.3 is 0 Å². The average Bonchev–Trinajstić information content (AvgIpc) is 2.40. The van der Waals surface area contributed by atoms with Crippen molar-refractivity contribution in [2.75, 3.05) is 6.54 Å². The van der Waals surface area contributed by atoms with E-state index in [0.717, 1.165) is 5.56 Å². The first-order valence-corrected chi connectivity index (χ1v) is 8.00. The first kappa shape index (κ1) is 14.2. The number of hydrogen-bond acceptors (Lipinski definition) is 3. The quantitative estimate of drug-likeness (QED) is 0.908. The van der Waals surface area contributed by atoms with Crippen molar-refractivity contribution in [1.82, 2.24) is 9.71 Å². The predicted octanol–water partition coefficient (Wildman–Crippen LogP) is 2.37. The molecule has 19 heavy (non-hydrogen) atoms. The van der Waals surface area contributed by atoms with Crippen molar-refractivity contribution >= 4 is 26.0 Å². The second-order valence-electron chi connectivity index (χ2n) is 3.93. The van der Waals surface area contributed by atoms with Crippen LogP contribution in [0.1, 0.15) is 5.56 Å². The minimum Gasteiger partial charge on any atom is -0.265 e. The van der Waals surface area contributed by atoms with E-state index >= 15 is 0 Å². The number of benzene rings is 1. The van der Waals surface area contributed by atoms with E-state index in [9.17, 15) is 8.42 Å². The van der Waals surface area contributed by atoms with Crippen LogP contribution in [0.5, 0.6) is 0 Å². The van der Waals surface area contributed by atoms with E-state index in [1.807, 2.05) is 12.1 Å². The lowest BCUT2D eigenvalue weighted by Crippen LogP contribution is -2.26. The first-order valence-electron chi connectivity index (χ1n) is 5.73. The summed E-state index contributed by atoms with van der Waals surface area (Å²) in [5.74, 6) is 0. The topological polar surface area (TPSA) is 59.1 Å². The number of pyridine rings is 1. The van der Waals surface area contributed by atoms with Gasteiger partial charge in [-0.15, -0.1) is 0 Å². The highest BCUT2D eigenvalue weighted by molar-refractivity contribution is 9.10. The molecular weight excluding hydrogens is 328 g/mol. The Morgan fingerprint density at radius 2 is 1.79 bits per heavy atom. The van der Waals surface area contributed by atoms with Crippen molar-refractivity contribution in [2.45, 2.75) is 11.3 Å². The zero-order valence-corrected chi connectivity index (χ0v) is 12.5. The molecule has 0 radical (unpaired) electrons. The van der Waals surface area contributed by atoms with Crippen LogP contribution >= 0.6 is 15.9 Å². The summed E-state index contributed by atoms with van der Waals surface area (Å²) in [5.41, 5.74) is 1.05. The van der Waals surface area contributed by atoms with Gasteiger partial charge in [0, 0.05) is 23.4 Å². The maximum absolute atomic E-state index is 12.1. The predicted molar refractivity (Wildman–Crippen MR) is 77.3 cm³/mol. The summed E-state index contributed by atoms with van der Waals surface area (Å²) in [6.07, 6.45) is 4.02. The lowest BCUT2D eigenvalue weighted by atomic mass is 10.2. The maximum Gasteiger partial charge on any atom is 0.241 e. The molecule has 0 fully saturated rings. The molecule has 100 valence electrons. The molecule has 0 unspecified atom stereocenters. The van der Waals surface area contributed by atoms with Crippen molar-refractivity contribution in [1.29, 1.82) is 0 Å².